The summed E-state index contributed by atoms with van der Waals surface area (Å²) in [6, 6.07) is 13.3. The van der Waals surface area contributed by atoms with Gasteiger partial charge >= 0.3 is 17.8 Å². The van der Waals surface area contributed by atoms with Gasteiger partial charge < -0.3 is 9.47 Å². The molecular formula is C23H16F3NO6. The summed E-state index contributed by atoms with van der Waals surface area (Å²) in [5, 5.41) is 11.2. The van der Waals surface area contributed by atoms with Crippen LogP contribution in [-0.4, -0.2) is 16.7 Å². The molecule has 0 atom stereocenters. The predicted molar refractivity (Wildman–Crippen MR) is 111 cm³/mol. The van der Waals surface area contributed by atoms with Gasteiger partial charge in [0.15, 0.2) is 5.78 Å². The Bertz CT molecular complexity index is 1190. The minimum absolute atomic E-state index is 0.0447. The largest absolute Gasteiger partial charge is 0.450 e. The van der Waals surface area contributed by atoms with Gasteiger partial charge in [-0.2, -0.15) is 13.2 Å². The molecule has 3 aromatic rings. The van der Waals surface area contributed by atoms with Crippen LogP contribution in [0.3, 0.4) is 0 Å². The van der Waals surface area contributed by atoms with E-state index in [-0.39, 0.29) is 28.6 Å². The van der Waals surface area contributed by atoms with E-state index in [4.69, 9.17) is 9.47 Å². The molecule has 0 aliphatic rings. The fourth-order valence-corrected chi connectivity index (χ4v) is 2.79. The molecule has 3 rings (SSSR count). The fourth-order valence-electron chi connectivity index (χ4n) is 2.79. The minimum Gasteiger partial charge on any atom is -0.450 e. The number of rotatable bonds is 7. The number of ether oxygens (including phenoxy) is 2. The zero-order valence-electron chi connectivity index (χ0n) is 17.1. The van der Waals surface area contributed by atoms with E-state index in [2.05, 4.69) is 0 Å². The molecule has 0 unspecified atom stereocenters. The predicted octanol–water partition coefficient (Wildman–Crippen LogP) is 6.22. The summed E-state index contributed by atoms with van der Waals surface area (Å²) in [4.78, 5) is 34.1. The number of benzene rings is 3. The van der Waals surface area contributed by atoms with Crippen LogP contribution in [0.5, 0.6) is 17.2 Å². The highest BCUT2D eigenvalue weighted by atomic mass is 19.4. The van der Waals surface area contributed by atoms with Gasteiger partial charge in [-0.15, -0.1) is 0 Å². The second kappa shape index (κ2) is 9.51. The average Bonchev–Trinajstić information content (AvgIpc) is 2.79. The normalized spacial score (nSPS) is 11.0. The molecule has 0 saturated heterocycles. The fraction of sp³-hybridized carbons (Fsp3) is 0.130. The lowest BCUT2D eigenvalue weighted by molar-refractivity contribution is -0.385. The first-order valence-corrected chi connectivity index (χ1v) is 9.57. The van der Waals surface area contributed by atoms with Crippen molar-refractivity contribution in [1.29, 1.82) is 0 Å². The van der Waals surface area contributed by atoms with Crippen LogP contribution in [0.25, 0.3) is 0 Å². The Morgan fingerprint density at radius 1 is 0.909 bits per heavy atom. The first-order valence-electron chi connectivity index (χ1n) is 9.57. The van der Waals surface area contributed by atoms with E-state index < -0.39 is 28.3 Å². The zero-order valence-corrected chi connectivity index (χ0v) is 17.1. The maximum atomic E-state index is 12.8. The van der Waals surface area contributed by atoms with Gasteiger partial charge in [0, 0.05) is 18.1 Å². The molecule has 170 valence electrons. The van der Waals surface area contributed by atoms with Crippen LogP contribution >= 0.6 is 0 Å². The van der Waals surface area contributed by atoms with Crippen molar-refractivity contribution in [3.63, 3.8) is 0 Å². The van der Waals surface area contributed by atoms with Gasteiger partial charge in [-0.3, -0.25) is 14.9 Å². The SMILES string of the molecule is CCC(=O)c1ccc(OC(=O)c2ccc(Oc3ccc(C(F)(F)F)cc3[N+](=O)[O-])cc2)cc1. The lowest BCUT2D eigenvalue weighted by atomic mass is 10.1. The molecule has 33 heavy (non-hydrogen) atoms. The second-order valence-electron chi connectivity index (χ2n) is 6.75. The molecule has 0 N–H and O–H groups in total. The smallest absolute Gasteiger partial charge is 0.416 e. The molecular weight excluding hydrogens is 443 g/mol. The summed E-state index contributed by atoms with van der Waals surface area (Å²) in [7, 11) is 0. The van der Waals surface area contributed by atoms with Crippen molar-refractivity contribution in [3.8, 4) is 17.2 Å². The third-order valence-electron chi connectivity index (χ3n) is 4.51. The molecule has 10 heteroatoms. The summed E-state index contributed by atoms with van der Waals surface area (Å²) in [5.74, 6) is -0.830. The highest BCUT2D eigenvalue weighted by Gasteiger charge is 2.33. The Labute approximate surface area is 185 Å². The second-order valence-corrected chi connectivity index (χ2v) is 6.75. The number of hydrogen-bond acceptors (Lipinski definition) is 6. The Balaban J connectivity index is 1.72. The van der Waals surface area contributed by atoms with Crippen molar-refractivity contribution in [3.05, 3.63) is 93.5 Å². The summed E-state index contributed by atoms with van der Waals surface area (Å²) in [5.41, 5.74) is -1.39. The number of Topliss-reactive ketones (excluding diaryl/α,β-unsaturated/α-hetero) is 1. The Kier molecular flexibility index (Phi) is 6.76. The van der Waals surface area contributed by atoms with E-state index >= 15 is 0 Å². The standard InChI is InChI=1S/C23H16F3NO6/c1-2-20(28)14-3-8-18(9-4-14)33-22(29)15-5-10-17(11-6-15)32-21-12-7-16(23(24,25)26)13-19(21)27(30)31/h3-13H,2H2,1H3. The molecule has 0 spiro atoms. The molecule has 0 amide bonds. The number of halogens is 3. The van der Waals surface area contributed by atoms with Gasteiger partial charge in [0.2, 0.25) is 5.75 Å². The van der Waals surface area contributed by atoms with Crippen molar-refractivity contribution >= 4 is 17.4 Å². The van der Waals surface area contributed by atoms with Crippen molar-refractivity contribution < 1.29 is 37.2 Å². The van der Waals surface area contributed by atoms with Crippen molar-refractivity contribution in [1.82, 2.24) is 0 Å². The van der Waals surface area contributed by atoms with Crippen LogP contribution in [0, 0.1) is 10.1 Å². The zero-order chi connectivity index (χ0) is 24.2. The maximum absolute atomic E-state index is 12.8. The maximum Gasteiger partial charge on any atom is 0.416 e. The van der Waals surface area contributed by atoms with Crippen LogP contribution in [0.2, 0.25) is 0 Å². The van der Waals surface area contributed by atoms with E-state index in [0.717, 1.165) is 6.07 Å². The van der Waals surface area contributed by atoms with Gasteiger partial charge in [0.25, 0.3) is 0 Å². The van der Waals surface area contributed by atoms with Crippen molar-refractivity contribution in [2.45, 2.75) is 19.5 Å². The van der Waals surface area contributed by atoms with Gasteiger partial charge in [-0.25, -0.2) is 4.79 Å². The Morgan fingerprint density at radius 3 is 2.03 bits per heavy atom. The molecule has 0 saturated carbocycles. The summed E-state index contributed by atoms with van der Waals surface area (Å²) >= 11 is 0. The molecule has 0 aromatic heterocycles. The first kappa shape index (κ1) is 23.5. The average molecular weight is 459 g/mol. The third-order valence-corrected chi connectivity index (χ3v) is 4.51. The lowest BCUT2D eigenvalue weighted by Crippen LogP contribution is -2.08. The van der Waals surface area contributed by atoms with E-state index in [0.29, 0.717) is 24.1 Å². The van der Waals surface area contributed by atoms with Gasteiger partial charge in [-0.05, 0) is 60.7 Å². The lowest BCUT2D eigenvalue weighted by Gasteiger charge is -2.10. The van der Waals surface area contributed by atoms with Crippen LogP contribution in [-0.2, 0) is 6.18 Å². The Morgan fingerprint density at radius 2 is 1.48 bits per heavy atom. The molecule has 0 radical (unpaired) electrons. The number of ketones is 1. The summed E-state index contributed by atoms with van der Waals surface area (Å²) in [6.07, 6.45) is -4.39. The van der Waals surface area contributed by atoms with Gasteiger partial charge in [-0.1, -0.05) is 6.92 Å². The highest BCUT2D eigenvalue weighted by molar-refractivity contribution is 5.96. The molecule has 0 fully saturated rings. The molecule has 0 aliphatic heterocycles. The number of carbonyl (C=O) groups is 2. The van der Waals surface area contributed by atoms with Crippen LogP contribution < -0.4 is 9.47 Å². The molecule has 0 bridgehead atoms. The molecule has 0 aliphatic carbocycles. The summed E-state index contributed by atoms with van der Waals surface area (Å²) in [6.45, 7) is 1.74. The number of nitro groups is 1. The summed E-state index contributed by atoms with van der Waals surface area (Å²) < 4.78 is 49.0. The number of nitro benzene ring substituents is 1. The topological polar surface area (TPSA) is 95.7 Å². The van der Waals surface area contributed by atoms with Crippen molar-refractivity contribution in [2.75, 3.05) is 0 Å². The number of nitrogens with zero attached hydrogens (tertiary/aromatic N) is 1. The van der Waals surface area contributed by atoms with E-state index in [1.165, 1.54) is 36.4 Å². The van der Waals surface area contributed by atoms with E-state index in [1.54, 1.807) is 19.1 Å². The quantitative estimate of drug-likeness (QED) is 0.137. The number of carbonyl (C=O) groups excluding carboxylic acids is 2. The molecule has 7 nitrogen and oxygen atoms in total. The van der Waals surface area contributed by atoms with Gasteiger partial charge in [0.05, 0.1) is 16.1 Å². The van der Waals surface area contributed by atoms with Gasteiger partial charge in [0.1, 0.15) is 11.5 Å². The van der Waals surface area contributed by atoms with Crippen molar-refractivity contribution in [2.24, 2.45) is 0 Å². The Hall–Kier alpha value is -4.21. The van der Waals surface area contributed by atoms with E-state index in [1.807, 2.05) is 0 Å². The van der Waals surface area contributed by atoms with Crippen LogP contribution in [0.1, 0.15) is 39.6 Å². The van der Waals surface area contributed by atoms with Crippen LogP contribution in [0.4, 0.5) is 18.9 Å². The number of esters is 1. The highest BCUT2D eigenvalue weighted by Crippen LogP contribution is 2.37. The molecule has 0 heterocycles. The first-order chi connectivity index (χ1) is 15.6. The van der Waals surface area contributed by atoms with E-state index in [9.17, 15) is 32.9 Å². The monoisotopic (exact) mass is 459 g/mol. The van der Waals surface area contributed by atoms with Crippen LogP contribution in [0.15, 0.2) is 66.7 Å². The minimum atomic E-state index is -4.74. The number of hydrogen-bond donors (Lipinski definition) is 0. The third kappa shape index (κ3) is 5.73. The molecule has 3 aromatic carbocycles. The number of alkyl halides is 3.